The van der Waals surface area contributed by atoms with Gasteiger partial charge in [-0.05, 0) is 89.0 Å². The summed E-state index contributed by atoms with van der Waals surface area (Å²) in [4.78, 5) is 5.07. The van der Waals surface area contributed by atoms with Crippen molar-refractivity contribution in [1.82, 2.24) is 9.80 Å². The molecule has 4 bridgehead atoms. The van der Waals surface area contributed by atoms with Crippen LogP contribution in [0.25, 0.3) is 0 Å². The van der Waals surface area contributed by atoms with Crippen LogP contribution in [0.1, 0.15) is 54.6 Å². The summed E-state index contributed by atoms with van der Waals surface area (Å²) in [6.07, 6.45) is 13.5. The Morgan fingerprint density at radius 1 is 0.744 bits per heavy atom. The average Bonchev–Trinajstić information content (AvgIpc) is 3.52. The molecule has 0 saturated carbocycles. The molecule has 4 aliphatic carbocycles. The van der Waals surface area contributed by atoms with Crippen LogP contribution in [0.4, 0.5) is 0 Å². The van der Waals surface area contributed by atoms with E-state index in [4.69, 9.17) is 9.47 Å². The molecule has 222 valence electrons. The molecule has 2 aromatic rings. The molecule has 8 aliphatic rings. The first-order valence-electron chi connectivity index (χ1n) is 16.3. The van der Waals surface area contributed by atoms with Gasteiger partial charge in [0.25, 0.3) is 0 Å². The summed E-state index contributed by atoms with van der Waals surface area (Å²) < 4.78 is 12.9. The zero-order valence-electron chi connectivity index (χ0n) is 27.6. The number of benzene rings is 2. The van der Waals surface area contributed by atoms with Gasteiger partial charge in [0.05, 0.1) is 0 Å². The van der Waals surface area contributed by atoms with Crippen molar-refractivity contribution >= 4 is 0 Å². The number of aliphatic hydroxyl groups is 1. The molecule has 0 aromatic heterocycles. The molecule has 6 heteroatoms. The molecule has 1 N–H and O–H groups in total. The second-order valence-electron chi connectivity index (χ2n) is 14.8. The predicted octanol–water partition coefficient (Wildman–Crippen LogP) is 1.99. The van der Waals surface area contributed by atoms with Crippen LogP contribution in [0.5, 0.6) is 11.5 Å². The third-order valence-corrected chi connectivity index (χ3v) is 13.0. The van der Waals surface area contributed by atoms with Gasteiger partial charge in [0, 0.05) is 51.8 Å². The third-order valence-electron chi connectivity index (χ3n) is 13.0. The molecule has 4 heterocycles. The van der Waals surface area contributed by atoms with E-state index in [-0.39, 0.29) is 47.9 Å². The van der Waals surface area contributed by atoms with E-state index in [1.54, 1.807) is 11.1 Å². The van der Waals surface area contributed by atoms with Crippen LogP contribution in [0.2, 0.25) is 0 Å². The maximum atomic E-state index is 10.5. The van der Waals surface area contributed by atoms with Gasteiger partial charge in [-0.3, -0.25) is 0 Å². The summed E-state index contributed by atoms with van der Waals surface area (Å²) in [5.41, 5.74) is 8.77. The maximum Gasteiger partial charge on any atom is 1.00 e. The summed E-state index contributed by atoms with van der Waals surface area (Å²) in [5, 5.41) is 10.5. The van der Waals surface area contributed by atoms with Crippen molar-refractivity contribution in [3.05, 3.63) is 82.0 Å². The Balaban J connectivity index is 0.000000136. The SMILES string of the molecule is Cc1ccc2c3c1O[C@H]1[C@@H](C)C=CC4[C@@H](C2)N(C)CC[C@@]341.Cc1ccc2c3c1O[C@H]1[C@@H](O)C=CC4[C@@H](C2)N(C)CC[C@@]341.[H-].[Na+]. The topological polar surface area (TPSA) is 45.2 Å². The van der Waals surface area contributed by atoms with Crippen molar-refractivity contribution in [3.8, 4) is 11.5 Å². The Bertz CT molecular complexity index is 1460. The molecular weight excluding hydrogens is 543 g/mol. The Kier molecular flexibility index (Phi) is 6.51. The van der Waals surface area contributed by atoms with Crippen molar-refractivity contribution in [3.63, 3.8) is 0 Å². The molecule has 0 amide bonds. The molecular formula is C37H45N2NaO3. The summed E-state index contributed by atoms with van der Waals surface area (Å²) in [7, 11) is 4.54. The minimum atomic E-state index is -0.483. The van der Waals surface area contributed by atoms with Crippen molar-refractivity contribution in [2.24, 2.45) is 17.8 Å². The molecule has 2 spiro atoms. The first-order chi connectivity index (χ1) is 20.3. The van der Waals surface area contributed by atoms with Crippen LogP contribution in [-0.4, -0.2) is 72.5 Å². The number of ether oxygens (including phenoxy) is 2. The zero-order chi connectivity index (χ0) is 28.7. The average molecular weight is 589 g/mol. The molecule has 4 aliphatic heterocycles. The zero-order valence-corrected chi connectivity index (χ0v) is 28.6. The number of rotatable bonds is 0. The van der Waals surface area contributed by atoms with Gasteiger partial charge < -0.3 is 25.8 Å². The molecule has 10 rings (SSSR count). The molecule has 43 heavy (non-hydrogen) atoms. The van der Waals surface area contributed by atoms with E-state index >= 15 is 0 Å². The Hall–Kier alpha value is -1.60. The van der Waals surface area contributed by atoms with E-state index in [1.165, 1.54) is 47.4 Å². The Labute approximate surface area is 280 Å². The van der Waals surface area contributed by atoms with Crippen molar-refractivity contribution in [1.29, 1.82) is 0 Å². The van der Waals surface area contributed by atoms with E-state index in [2.05, 4.69) is 87.2 Å². The smallest absolute Gasteiger partial charge is 1.00 e. The van der Waals surface area contributed by atoms with Crippen molar-refractivity contribution in [2.45, 2.75) is 87.7 Å². The number of aryl methyl sites for hydroxylation is 2. The van der Waals surface area contributed by atoms with Crippen molar-refractivity contribution in [2.75, 3.05) is 27.2 Å². The quantitative estimate of drug-likeness (QED) is 0.377. The van der Waals surface area contributed by atoms with Gasteiger partial charge in [-0.2, -0.15) is 0 Å². The summed E-state index contributed by atoms with van der Waals surface area (Å²) in [5.74, 6) is 3.91. The molecule has 2 aromatic carbocycles. The van der Waals surface area contributed by atoms with E-state index < -0.39 is 6.10 Å². The molecule has 2 unspecified atom stereocenters. The molecule has 10 atom stereocenters. The second-order valence-corrected chi connectivity index (χ2v) is 14.8. The van der Waals surface area contributed by atoms with Crippen LogP contribution in [0.15, 0.2) is 48.6 Å². The van der Waals surface area contributed by atoms with Gasteiger partial charge in [-0.25, -0.2) is 0 Å². The Morgan fingerprint density at radius 3 is 1.79 bits per heavy atom. The summed E-state index contributed by atoms with van der Waals surface area (Å²) >= 11 is 0. The van der Waals surface area contributed by atoms with E-state index in [0.717, 1.165) is 25.1 Å². The maximum absolute atomic E-state index is 10.5. The van der Waals surface area contributed by atoms with Gasteiger partial charge in [-0.15, -0.1) is 0 Å². The Morgan fingerprint density at radius 2 is 1.23 bits per heavy atom. The largest absolute Gasteiger partial charge is 1.00 e. The first-order valence-corrected chi connectivity index (χ1v) is 16.3. The monoisotopic (exact) mass is 588 g/mol. The first kappa shape index (κ1) is 28.8. The van der Waals surface area contributed by atoms with Crippen LogP contribution in [0.3, 0.4) is 0 Å². The van der Waals surface area contributed by atoms with Gasteiger partial charge in [0.2, 0.25) is 0 Å². The van der Waals surface area contributed by atoms with Crippen LogP contribution in [0, 0.1) is 31.6 Å². The van der Waals surface area contributed by atoms with Gasteiger partial charge in [0.15, 0.2) is 0 Å². The molecule has 0 radical (unpaired) electrons. The number of piperidine rings is 2. The predicted molar refractivity (Wildman–Crippen MR) is 166 cm³/mol. The second kappa shape index (κ2) is 9.70. The molecule has 2 saturated heterocycles. The van der Waals surface area contributed by atoms with E-state index in [0.29, 0.717) is 35.9 Å². The molecule has 2 fully saturated rings. The molecule has 5 nitrogen and oxygen atoms in total. The minimum absolute atomic E-state index is 0. The number of aliphatic hydroxyl groups excluding tert-OH is 1. The normalized spacial score (nSPS) is 41.6. The van der Waals surface area contributed by atoms with E-state index in [9.17, 15) is 5.11 Å². The number of nitrogens with zero attached hydrogens (tertiary/aromatic N) is 2. The third kappa shape index (κ3) is 3.50. The van der Waals surface area contributed by atoms with Crippen LogP contribution < -0.4 is 39.0 Å². The van der Waals surface area contributed by atoms with Crippen LogP contribution in [-0.2, 0) is 23.7 Å². The fourth-order valence-electron chi connectivity index (χ4n) is 11.0. The van der Waals surface area contributed by atoms with E-state index in [1.807, 2.05) is 6.08 Å². The number of hydrogen-bond acceptors (Lipinski definition) is 5. The summed E-state index contributed by atoms with van der Waals surface area (Å²) in [6.45, 7) is 8.95. The van der Waals surface area contributed by atoms with Crippen LogP contribution >= 0.6 is 0 Å². The van der Waals surface area contributed by atoms with Gasteiger partial charge in [0.1, 0.15) is 29.8 Å². The fourth-order valence-corrected chi connectivity index (χ4v) is 11.0. The minimum Gasteiger partial charge on any atom is -1.00 e. The standard InChI is InChI=1S/C19H23NO.C18H21NO2.Na.H/c1-11-4-6-13-10-15-14-7-5-12(2)18-19(14,8-9-20(15)3)16(13)17(11)21-18;1-10-3-4-11-9-13-12-5-6-14(20)17-18(12,7-8-19(13)2)15(11)16(10)21-17;;/h4-7,12,14-15,18H,8-10H2,1-3H3;3-6,12-14,17,20H,7-9H2,1-2H3;;/q;;+1;-1/t12-,14?,15+,18-,19-;12?,13-,14+,17+,18+;;/m01../s1. The van der Waals surface area contributed by atoms with Gasteiger partial charge in [-0.1, -0.05) is 55.5 Å². The summed E-state index contributed by atoms with van der Waals surface area (Å²) in [6, 6.07) is 10.3. The number of likely N-dealkylation sites (N-methyl/N-ethyl adjacent to an activating group) is 2. The fraction of sp³-hybridized carbons (Fsp3) is 0.568. The number of likely N-dealkylation sites (tertiary alicyclic amines) is 2. The van der Waals surface area contributed by atoms with Crippen molar-refractivity contribution < 1.29 is 45.6 Å². The number of hydrogen-bond donors (Lipinski definition) is 1. The van der Waals surface area contributed by atoms with Gasteiger partial charge >= 0.3 is 29.6 Å².